The van der Waals surface area contributed by atoms with Gasteiger partial charge in [0, 0.05) is 31.4 Å². The Labute approximate surface area is 154 Å². The zero-order valence-electron chi connectivity index (χ0n) is 14.1. The molecule has 8 heteroatoms. The molecule has 1 saturated heterocycles. The van der Waals surface area contributed by atoms with Crippen molar-refractivity contribution in [2.24, 2.45) is 0 Å². The highest BCUT2D eigenvalue weighted by molar-refractivity contribution is 7.18. The molecule has 1 fully saturated rings. The second-order valence-corrected chi connectivity index (χ2v) is 7.50. The maximum absolute atomic E-state index is 9.97. The lowest BCUT2D eigenvalue weighted by Crippen LogP contribution is -2.36. The molecule has 2 aliphatic heterocycles. The summed E-state index contributed by atoms with van der Waals surface area (Å²) in [6.45, 7) is 3.96. The van der Waals surface area contributed by atoms with Crippen LogP contribution in [0.15, 0.2) is 24.7 Å². The fourth-order valence-corrected chi connectivity index (χ4v) is 4.54. The summed E-state index contributed by atoms with van der Waals surface area (Å²) in [5.41, 5.74) is 3.78. The zero-order valence-corrected chi connectivity index (χ0v) is 14.9. The van der Waals surface area contributed by atoms with Gasteiger partial charge in [0.05, 0.1) is 30.1 Å². The van der Waals surface area contributed by atoms with Crippen molar-refractivity contribution >= 4 is 16.5 Å². The Kier molecular flexibility index (Phi) is 3.61. The number of fused-ring (bicyclic) bond motifs is 3. The molecule has 2 aliphatic rings. The number of benzene rings is 1. The average molecular weight is 370 g/mol. The Morgan fingerprint density at radius 3 is 2.69 bits per heavy atom. The summed E-state index contributed by atoms with van der Waals surface area (Å²) >= 11 is 1.62. The van der Waals surface area contributed by atoms with Crippen LogP contribution in [-0.2, 0) is 17.7 Å². The Morgan fingerprint density at radius 2 is 1.85 bits per heavy atom. The normalized spacial score (nSPS) is 16.4. The van der Waals surface area contributed by atoms with E-state index in [0.717, 1.165) is 71.8 Å². The minimum Gasteiger partial charge on any atom is -0.504 e. The first-order valence-electron chi connectivity index (χ1n) is 8.60. The predicted octanol–water partition coefficient (Wildman–Crippen LogP) is 2.48. The molecule has 134 valence electrons. The number of phenols is 2. The van der Waals surface area contributed by atoms with Crippen LogP contribution in [0.1, 0.15) is 5.56 Å². The van der Waals surface area contributed by atoms with Gasteiger partial charge in [0.25, 0.3) is 0 Å². The number of ether oxygens (including phenoxy) is 1. The van der Waals surface area contributed by atoms with Crippen LogP contribution in [0.25, 0.3) is 21.8 Å². The van der Waals surface area contributed by atoms with Gasteiger partial charge in [0.1, 0.15) is 5.69 Å². The van der Waals surface area contributed by atoms with Gasteiger partial charge < -0.3 is 24.4 Å². The van der Waals surface area contributed by atoms with Gasteiger partial charge in [-0.05, 0) is 24.1 Å². The van der Waals surface area contributed by atoms with Gasteiger partial charge in [0.2, 0.25) is 0 Å². The Morgan fingerprint density at radius 1 is 1.04 bits per heavy atom. The van der Waals surface area contributed by atoms with Crippen molar-refractivity contribution in [3.05, 3.63) is 30.2 Å². The van der Waals surface area contributed by atoms with Crippen LogP contribution in [0.2, 0.25) is 0 Å². The molecule has 0 atom stereocenters. The van der Waals surface area contributed by atoms with Crippen LogP contribution in [0.3, 0.4) is 0 Å². The van der Waals surface area contributed by atoms with E-state index in [9.17, 15) is 10.2 Å². The number of aryl methyl sites for hydroxylation is 2. The topological polar surface area (TPSA) is 83.6 Å². The third kappa shape index (κ3) is 2.45. The zero-order chi connectivity index (χ0) is 17.7. The molecule has 0 radical (unpaired) electrons. The van der Waals surface area contributed by atoms with Crippen molar-refractivity contribution < 1.29 is 14.9 Å². The number of aromatic nitrogens is 3. The summed E-state index contributed by atoms with van der Waals surface area (Å²) in [5.74, 6) is -0.187. The number of rotatable bonds is 2. The standard InChI is InChI=1S/C18H18N4O3S/c23-13-7-11-1-2-22-10-20-16(17(22)12(11)8-14(13)24)15-9-19-18(26-15)21-3-5-25-6-4-21/h7-10,23-24H,1-6H2. The van der Waals surface area contributed by atoms with Gasteiger partial charge in [-0.25, -0.2) is 9.97 Å². The minimum absolute atomic E-state index is 0.0781. The third-order valence-electron chi connectivity index (χ3n) is 4.92. The molecule has 2 N–H and O–H groups in total. The van der Waals surface area contributed by atoms with E-state index in [4.69, 9.17) is 4.74 Å². The predicted molar refractivity (Wildman–Crippen MR) is 98.8 cm³/mol. The molecule has 26 heavy (non-hydrogen) atoms. The second kappa shape index (κ2) is 6.00. The number of hydrogen-bond donors (Lipinski definition) is 2. The van der Waals surface area contributed by atoms with Crippen LogP contribution >= 0.6 is 11.3 Å². The van der Waals surface area contributed by atoms with E-state index in [1.54, 1.807) is 23.5 Å². The van der Waals surface area contributed by atoms with Crippen LogP contribution in [-0.4, -0.2) is 51.1 Å². The Hall–Kier alpha value is -2.58. The van der Waals surface area contributed by atoms with E-state index >= 15 is 0 Å². The highest BCUT2D eigenvalue weighted by Gasteiger charge is 2.25. The molecule has 7 nitrogen and oxygen atoms in total. The molecule has 0 aliphatic carbocycles. The summed E-state index contributed by atoms with van der Waals surface area (Å²) in [5, 5.41) is 20.8. The molecule has 0 spiro atoms. The fourth-order valence-electron chi connectivity index (χ4n) is 3.58. The van der Waals surface area contributed by atoms with E-state index in [1.165, 1.54) is 0 Å². The second-order valence-electron chi connectivity index (χ2n) is 6.49. The molecular formula is C18H18N4O3S. The SMILES string of the molecule is Oc1cc2c(cc1O)-c1c(-c3cnc(N4CCOCC4)s3)ncn1CC2. The number of phenolic OH excluding ortho intramolecular Hbond substituents is 2. The van der Waals surface area contributed by atoms with Gasteiger partial charge in [-0.2, -0.15) is 0 Å². The number of hydrogen-bond acceptors (Lipinski definition) is 7. The van der Waals surface area contributed by atoms with Crippen LogP contribution < -0.4 is 4.90 Å². The molecule has 4 heterocycles. The molecule has 1 aromatic carbocycles. The molecular weight excluding hydrogens is 352 g/mol. The first kappa shape index (κ1) is 15.7. The van der Waals surface area contributed by atoms with E-state index < -0.39 is 0 Å². The van der Waals surface area contributed by atoms with Gasteiger partial charge >= 0.3 is 0 Å². The average Bonchev–Trinajstić information content (AvgIpc) is 3.30. The van der Waals surface area contributed by atoms with E-state index in [1.807, 2.05) is 12.5 Å². The first-order valence-corrected chi connectivity index (χ1v) is 9.41. The van der Waals surface area contributed by atoms with Crippen LogP contribution in [0.5, 0.6) is 11.5 Å². The van der Waals surface area contributed by atoms with Crippen molar-refractivity contribution in [3.63, 3.8) is 0 Å². The largest absolute Gasteiger partial charge is 0.504 e. The molecule has 0 saturated carbocycles. The van der Waals surface area contributed by atoms with Crippen molar-refractivity contribution in [3.8, 4) is 33.3 Å². The maximum atomic E-state index is 9.97. The number of aromatic hydroxyl groups is 2. The van der Waals surface area contributed by atoms with Gasteiger partial charge in [0.15, 0.2) is 16.6 Å². The number of thiazole rings is 1. The lowest BCUT2D eigenvalue weighted by Gasteiger charge is -2.26. The maximum Gasteiger partial charge on any atom is 0.186 e. The van der Waals surface area contributed by atoms with Gasteiger partial charge in [-0.1, -0.05) is 11.3 Å². The molecule has 3 aromatic rings. The summed E-state index contributed by atoms with van der Waals surface area (Å²) < 4.78 is 7.51. The number of anilines is 1. The van der Waals surface area contributed by atoms with Crippen LogP contribution in [0, 0.1) is 0 Å². The Balaban J connectivity index is 1.57. The van der Waals surface area contributed by atoms with E-state index in [0.29, 0.717) is 0 Å². The highest BCUT2D eigenvalue weighted by atomic mass is 32.1. The van der Waals surface area contributed by atoms with Gasteiger partial charge in [-0.3, -0.25) is 0 Å². The van der Waals surface area contributed by atoms with E-state index in [-0.39, 0.29) is 11.5 Å². The quantitative estimate of drug-likeness (QED) is 0.675. The summed E-state index contributed by atoms with van der Waals surface area (Å²) in [4.78, 5) is 12.4. The van der Waals surface area contributed by atoms with Crippen LogP contribution in [0.4, 0.5) is 5.13 Å². The smallest absolute Gasteiger partial charge is 0.186 e. The lowest BCUT2D eigenvalue weighted by molar-refractivity contribution is 0.122. The van der Waals surface area contributed by atoms with Crippen molar-refractivity contribution in [2.75, 3.05) is 31.2 Å². The van der Waals surface area contributed by atoms with Crippen molar-refractivity contribution in [1.82, 2.24) is 14.5 Å². The summed E-state index contributed by atoms with van der Waals surface area (Å²) in [6, 6.07) is 3.28. The molecule has 0 bridgehead atoms. The first-order chi connectivity index (χ1) is 12.7. The monoisotopic (exact) mass is 370 g/mol. The summed E-state index contributed by atoms with van der Waals surface area (Å²) in [7, 11) is 0. The molecule has 5 rings (SSSR count). The number of imidazole rings is 1. The highest BCUT2D eigenvalue weighted by Crippen LogP contribution is 2.43. The molecule has 0 amide bonds. The Bertz CT molecular complexity index is 975. The fraction of sp³-hybridized carbons (Fsp3) is 0.333. The number of morpholine rings is 1. The summed E-state index contributed by atoms with van der Waals surface area (Å²) in [6.07, 6.45) is 4.51. The van der Waals surface area contributed by atoms with Gasteiger partial charge in [-0.15, -0.1) is 0 Å². The van der Waals surface area contributed by atoms with Crippen molar-refractivity contribution in [2.45, 2.75) is 13.0 Å². The molecule has 2 aromatic heterocycles. The third-order valence-corrected chi connectivity index (χ3v) is 5.99. The minimum atomic E-state index is -0.109. The van der Waals surface area contributed by atoms with E-state index in [2.05, 4.69) is 19.4 Å². The molecule has 0 unspecified atom stereocenters. The lowest BCUT2D eigenvalue weighted by atomic mass is 9.96. The van der Waals surface area contributed by atoms with Crippen molar-refractivity contribution in [1.29, 1.82) is 0 Å². The number of nitrogens with zero attached hydrogens (tertiary/aromatic N) is 4.